The van der Waals surface area contributed by atoms with E-state index in [1.807, 2.05) is 0 Å². The van der Waals surface area contributed by atoms with Gasteiger partial charge in [0.25, 0.3) is 0 Å². The van der Waals surface area contributed by atoms with E-state index in [0.717, 1.165) is 30.7 Å². The number of nitrogens with zero attached hydrogens (tertiary/aromatic N) is 2. The number of halogens is 1. The molecule has 1 fully saturated rings. The lowest BCUT2D eigenvalue weighted by atomic mass is 10.2. The molecular weight excluding hydrogens is 342 g/mol. The quantitative estimate of drug-likeness (QED) is 0.639. The van der Waals surface area contributed by atoms with Crippen LogP contribution in [0.25, 0.3) is 0 Å². The second-order valence-electron chi connectivity index (χ2n) is 4.38. The molecule has 5 nitrogen and oxygen atoms in total. The lowest BCUT2D eigenvalue weighted by Crippen LogP contribution is -2.44. The summed E-state index contributed by atoms with van der Waals surface area (Å²) in [6.07, 6.45) is 0. The third kappa shape index (κ3) is 4.66. The van der Waals surface area contributed by atoms with Crippen molar-refractivity contribution in [3.63, 3.8) is 0 Å². The lowest BCUT2D eigenvalue weighted by Gasteiger charge is -2.35. The third-order valence-corrected chi connectivity index (χ3v) is 4.49. The largest absolute Gasteiger partial charge is 0.468 e. The standard InChI is InChI=1S/C13H18BrN3O2S/c1-19-13(18)10-15-20-17-8-6-16(7-9-17)12-4-2-11(14)3-5-12/h2-5,15H,6-10H2,1H3. The molecule has 0 amide bonds. The van der Waals surface area contributed by atoms with Gasteiger partial charge in [-0.05, 0) is 24.3 Å². The Hall–Kier alpha value is -0.760. The van der Waals surface area contributed by atoms with Crippen molar-refractivity contribution in [1.82, 2.24) is 9.03 Å². The van der Waals surface area contributed by atoms with Crippen LogP contribution in [0.15, 0.2) is 28.7 Å². The van der Waals surface area contributed by atoms with Crippen LogP contribution in [0.1, 0.15) is 0 Å². The van der Waals surface area contributed by atoms with E-state index in [2.05, 4.69) is 58.9 Å². The Labute approximate surface area is 132 Å². The van der Waals surface area contributed by atoms with Gasteiger partial charge in [-0.2, -0.15) is 0 Å². The first-order valence-electron chi connectivity index (χ1n) is 6.41. The second kappa shape index (κ2) is 7.87. The number of hydrogen-bond acceptors (Lipinski definition) is 6. The Morgan fingerprint density at radius 3 is 2.55 bits per heavy atom. The number of carbonyl (C=O) groups is 1. The molecule has 20 heavy (non-hydrogen) atoms. The van der Waals surface area contributed by atoms with E-state index < -0.39 is 0 Å². The molecule has 0 atom stereocenters. The van der Waals surface area contributed by atoms with Crippen molar-refractivity contribution in [3.05, 3.63) is 28.7 Å². The first-order valence-corrected chi connectivity index (χ1v) is 7.98. The molecule has 1 aromatic carbocycles. The highest BCUT2D eigenvalue weighted by atomic mass is 79.9. The summed E-state index contributed by atoms with van der Waals surface area (Å²) in [5.41, 5.74) is 1.25. The van der Waals surface area contributed by atoms with E-state index in [0.29, 0.717) is 0 Å². The van der Waals surface area contributed by atoms with E-state index in [-0.39, 0.29) is 12.5 Å². The molecule has 1 aliphatic rings. The molecule has 0 aromatic heterocycles. The Balaban J connectivity index is 1.72. The molecule has 0 unspecified atom stereocenters. The monoisotopic (exact) mass is 359 g/mol. The summed E-state index contributed by atoms with van der Waals surface area (Å²) in [5, 5.41) is 0. The van der Waals surface area contributed by atoms with Crippen LogP contribution in [0.4, 0.5) is 5.69 Å². The maximum absolute atomic E-state index is 11.0. The molecule has 7 heteroatoms. The smallest absolute Gasteiger partial charge is 0.320 e. The van der Waals surface area contributed by atoms with Gasteiger partial charge in [-0.1, -0.05) is 15.9 Å². The Kier molecular flexibility index (Phi) is 6.15. The normalized spacial score (nSPS) is 16.2. The van der Waals surface area contributed by atoms with E-state index in [4.69, 9.17) is 0 Å². The fourth-order valence-corrected chi connectivity index (χ4v) is 2.92. The minimum Gasteiger partial charge on any atom is -0.468 e. The van der Waals surface area contributed by atoms with Gasteiger partial charge in [0.1, 0.15) is 6.54 Å². The molecule has 1 aliphatic heterocycles. The number of hydrogen-bond donors (Lipinski definition) is 1. The zero-order chi connectivity index (χ0) is 14.4. The van der Waals surface area contributed by atoms with Crippen LogP contribution in [0.5, 0.6) is 0 Å². The van der Waals surface area contributed by atoms with Gasteiger partial charge in [-0.15, -0.1) is 0 Å². The van der Waals surface area contributed by atoms with Crippen molar-refractivity contribution < 1.29 is 9.53 Å². The molecule has 0 aliphatic carbocycles. The number of esters is 1. The summed E-state index contributed by atoms with van der Waals surface area (Å²) >= 11 is 4.94. The van der Waals surface area contributed by atoms with E-state index in [1.165, 1.54) is 24.9 Å². The predicted octanol–water partition coefficient (Wildman–Crippen LogP) is 1.90. The zero-order valence-corrected chi connectivity index (χ0v) is 13.7. The Bertz CT molecular complexity index is 436. The van der Waals surface area contributed by atoms with Crippen molar-refractivity contribution in [1.29, 1.82) is 0 Å². The topological polar surface area (TPSA) is 44.8 Å². The maximum Gasteiger partial charge on any atom is 0.320 e. The van der Waals surface area contributed by atoms with Crippen molar-refractivity contribution in [3.8, 4) is 0 Å². The molecule has 1 N–H and O–H groups in total. The highest BCUT2D eigenvalue weighted by Gasteiger charge is 2.17. The van der Waals surface area contributed by atoms with E-state index in [9.17, 15) is 4.79 Å². The van der Waals surface area contributed by atoms with Crippen LogP contribution in [0.2, 0.25) is 0 Å². The van der Waals surface area contributed by atoms with Gasteiger partial charge < -0.3 is 9.64 Å². The lowest BCUT2D eigenvalue weighted by molar-refractivity contribution is -0.139. The molecular formula is C13H18BrN3O2S. The van der Waals surface area contributed by atoms with E-state index in [1.54, 1.807) is 0 Å². The molecule has 0 saturated carbocycles. The van der Waals surface area contributed by atoms with Crippen LogP contribution >= 0.6 is 28.1 Å². The molecule has 0 bridgehead atoms. The van der Waals surface area contributed by atoms with Gasteiger partial charge in [0.2, 0.25) is 0 Å². The van der Waals surface area contributed by atoms with Crippen LogP contribution in [0, 0.1) is 0 Å². The van der Waals surface area contributed by atoms with Gasteiger partial charge in [0, 0.05) is 48.5 Å². The predicted molar refractivity (Wildman–Crippen MR) is 85.5 cm³/mol. The average molecular weight is 360 g/mol. The van der Waals surface area contributed by atoms with E-state index >= 15 is 0 Å². The molecule has 2 rings (SSSR count). The molecule has 1 heterocycles. The summed E-state index contributed by atoms with van der Waals surface area (Å²) in [6.45, 7) is 4.10. The van der Waals surface area contributed by atoms with Crippen LogP contribution in [-0.4, -0.2) is 50.1 Å². The average Bonchev–Trinajstić information content (AvgIpc) is 2.48. The van der Waals surface area contributed by atoms with Crippen LogP contribution < -0.4 is 9.62 Å². The number of benzene rings is 1. The first-order chi connectivity index (χ1) is 9.69. The first kappa shape index (κ1) is 15.6. The molecule has 1 aromatic rings. The SMILES string of the molecule is COC(=O)CNSN1CCN(c2ccc(Br)cc2)CC1. The maximum atomic E-state index is 11.0. The Morgan fingerprint density at radius 1 is 1.30 bits per heavy atom. The van der Waals surface area contributed by atoms with Crippen molar-refractivity contribution in [2.75, 3.05) is 44.7 Å². The molecule has 110 valence electrons. The van der Waals surface area contributed by atoms with Crippen molar-refractivity contribution in [2.45, 2.75) is 0 Å². The Morgan fingerprint density at radius 2 is 1.95 bits per heavy atom. The second-order valence-corrected chi connectivity index (χ2v) is 6.28. The van der Waals surface area contributed by atoms with Gasteiger partial charge >= 0.3 is 5.97 Å². The van der Waals surface area contributed by atoms with Gasteiger partial charge in [-0.25, -0.2) is 9.03 Å². The summed E-state index contributed by atoms with van der Waals surface area (Å²) in [6, 6.07) is 8.38. The number of ether oxygens (including phenoxy) is 1. The van der Waals surface area contributed by atoms with Gasteiger partial charge in [0.05, 0.1) is 7.11 Å². The summed E-state index contributed by atoms with van der Waals surface area (Å²) in [7, 11) is 1.39. The van der Waals surface area contributed by atoms with Crippen LogP contribution in [-0.2, 0) is 9.53 Å². The van der Waals surface area contributed by atoms with Crippen molar-refractivity contribution >= 4 is 39.7 Å². The third-order valence-electron chi connectivity index (χ3n) is 3.07. The number of methoxy groups -OCH3 is 1. The number of carbonyl (C=O) groups excluding carboxylic acids is 1. The highest BCUT2D eigenvalue weighted by Crippen LogP contribution is 2.21. The molecule has 1 saturated heterocycles. The number of piperazine rings is 1. The minimum atomic E-state index is -0.244. The summed E-state index contributed by atoms with van der Waals surface area (Å²) in [4.78, 5) is 13.4. The van der Waals surface area contributed by atoms with Gasteiger partial charge in [-0.3, -0.25) is 4.79 Å². The highest BCUT2D eigenvalue weighted by molar-refractivity contribution is 9.10. The zero-order valence-electron chi connectivity index (χ0n) is 11.3. The number of nitrogens with one attached hydrogen (secondary N) is 1. The summed E-state index contributed by atoms with van der Waals surface area (Å²) in [5.74, 6) is -0.244. The number of rotatable bonds is 5. The fourth-order valence-electron chi connectivity index (χ4n) is 1.94. The fraction of sp³-hybridized carbons (Fsp3) is 0.462. The summed E-state index contributed by atoms with van der Waals surface area (Å²) < 4.78 is 10.9. The molecule has 0 radical (unpaired) electrons. The number of anilines is 1. The van der Waals surface area contributed by atoms with Gasteiger partial charge in [0.15, 0.2) is 0 Å². The van der Waals surface area contributed by atoms with Crippen molar-refractivity contribution in [2.24, 2.45) is 0 Å². The minimum absolute atomic E-state index is 0.230. The van der Waals surface area contributed by atoms with Crippen LogP contribution in [0.3, 0.4) is 0 Å². The molecule has 0 spiro atoms.